The number of hydrogen-bond donors (Lipinski definition) is 0. The number of rotatable bonds is 17. The molecule has 0 fully saturated rings. The van der Waals surface area contributed by atoms with E-state index in [9.17, 15) is 0 Å². The maximum Gasteiger partial charge on any atom is 0.120 e. The van der Waals surface area contributed by atoms with Crippen LogP contribution in [0.15, 0.2) is 84.9 Å². The third kappa shape index (κ3) is 8.81. The molecule has 0 saturated carbocycles. The normalized spacial score (nSPS) is 11.2. The van der Waals surface area contributed by atoms with Gasteiger partial charge in [-0.25, -0.2) is 0 Å². The van der Waals surface area contributed by atoms with Crippen molar-refractivity contribution in [1.82, 2.24) is 0 Å². The quantitative estimate of drug-likeness (QED) is 0.182. The Bertz CT molecular complexity index is 1080. The Morgan fingerprint density at radius 1 is 0.333 bits per heavy atom. The van der Waals surface area contributed by atoms with E-state index < -0.39 is 0 Å². The lowest BCUT2D eigenvalue weighted by Crippen LogP contribution is -2.14. The van der Waals surface area contributed by atoms with Gasteiger partial charge >= 0.3 is 0 Å². The van der Waals surface area contributed by atoms with Crippen LogP contribution in [0.3, 0.4) is 0 Å². The lowest BCUT2D eigenvalue weighted by Gasteiger charge is -2.09. The highest BCUT2D eigenvalue weighted by Crippen LogP contribution is 2.21. The van der Waals surface area contributed by atoms with Crippen LogP contribution in [0.25, 0.3) is 21.5 Å². The monoisotopic (exact) mass is 490 g/mol. The Labute approximate surface area is 212 Å². The molecule has 0 aliphatic heterocycles. The first-order valence-electron chi connectivity index (χ1n) is 12.4. The molecule has 0 N–H and O–H groups in total. The van der Waals surface area contributed by atoms with Gasteiger partial charge in [0.15, 0.2) is 0 Å². The summed E-state index contributed by atoms with van der Waals surface area (Å²) in [6.07, 6.45) is 0. The van der Waals surface area contributed by atoms with Gasteiger partial charge in [-0.2, -0.15) is 0 Å². The van der Waals surface area contributed by atoms with Crippen LogP contribution in [-0.4, -0.2) is 66.1 Å². The third-order valence-corrected chi connectivity index (χ3v) is 5.55. The lowest BCUT2D eigenvalue weighted by molar-refractivity contribution is -0.00698. The Hall–Kier alpha value is -3.16. The number of ether oxygens (including phenoxy) is 6. The van der Waals surface area contributed by atoms with Crippen molar-refractivity contribution in [2.75, 3.05) is 66.1 Å². The fraction of sp³-hybridized carbons (Fsp3) is 0.333. The second-order valence-corrected chi connectivity index (χ2v) is 8.16. The van der Waals surface area contributed by atoms with Gasteiger partial charge in [-0.05, 0) is 45.8 Å². The molecule has 4 aromatic carbocycles. The van der Waals surface area contributed by atoms with Crippen LogP contribution in [0.1, 0.15) is 0 Å². The van der Waals surface area contributed by atoms with Crippen LogP contribution in [0.2, 0.25) is 0 Å². The second kappa shape index (κ2) is 15.1. The molecule has 0 bridgehead atoms. The Balaban J connectivity index is 0.911. The van der Waals surface area contributed by atoms with Gasteiger partial charge in [0.05, 0.1) is 52.9 Å². The zero-order valence-corrected chi connectivity index (χ0v) is 20.6. The highest BCUT2D eigenvalue weighted by atomic mass is 16.6. The van der Waals surface area contributed by atoms with Crippen LogP contribution in [0, 0.1) is 0 Å². The van der Waals surface area contributed by atoms with Gasteiger partial charge in [0.1, 0.15) is 24.7 Å². The molecule has 0 heterocycles. The minimum Gasteiger partial charge on any atom is -0.491 e. The van der Waals surface area contributed by atoms with Gasteiger partial charge in [0.2, 0.25) is 0 Å². The fourth-order valence-corrected chi connectivity index (χ4v) is 3.71. The molecule has 4 rings (SSSR count). The highest BCUT2D eigenvalue weighted by Gasteiger charge is 1.99. The summed E-state index contributed by atoms with van der Waals surface area (Å²) < 4.78 is 33.7. The maximum atomic E-state index is 5.75. The molecule has 0 aromatic heterocycles. The summed E-state index contributed by atoms with van der Waals surface area (Å²) in [5.74, 6) is 1.71. The van der Waals surface area contributed by atoms with Crippen molar-refractivity contribution in [2.24, 2.45) is 0 Å². The molecule has 0 amide bonds. The van der Waals surface area contributed by atoms with Crippen molar-refractivity contribution in [3.8, 4) is 11.5 Å². The van der Waals surface area contributed by atoms with E-state index in [1.54, 1.807) is 0 Å². The second-order valence-electron chi connectivity index (χ2n) is 8.16. The fourth-order valence-electron chi connectivity index (χ4n) is 3.71. The van der Waals surface area contributed by atoms with E-state index in [0.717, 1.165) is 11.5 Å². The van der Waals surface area contributed by atoms with Crippen LogP contribution in [0.4, 0.5) is 0 Å². The summed E-state index contributed by atoms with van der Waals surface area (Å²) in [6.45, 7) is 5.24. The summed E-state index contributed by atoms with van der Waals surface area (Å²) in [7, 11) is 0. The lowest BCUT2D eigenvalue weighted by atomic mass is 10.1. The highest BCUT2D eigenvalue weighted by molar-refractivity contribution is 5.84. The standard InChI is InChI=1S/C30H34O6/c1-3-7-27-23-29(11-9-25(27)5-1)35-21-19-33-17-15-31-13-14-32-16-18-34-20-22-36-30-12-10-26-6-2-4-8-28(26)24-30/h1-12,23-24H,13-22H2. The van der Waals surface area contributed by atoms with Crippen molar-refractivity contribution >= 4 is 21.5 Å². The Morgan fingerprint density at radius 2 is 0.667 bits per heavy atom. The summed E-state index contributed by atoms with van der Waals surface area (Å²) in [5.41, 5.74) is 0. The summed E-state index contributed by atoms with van der Waals surface area (Å²) in [5, 5.41) is 4.75. The molecule has 4 aromatic rings. The van der Waals surface area contributed by atoms with Gasteiger partial charge < -0.3 is 28.4 Å². The minimum atomic E-state index is 0.509. The maximum absolute atomic E-state index is 5.75. The van der Waals surface area contributed by atoms with Crippen LogP contribution in [0.5, 0.6) is 11.5 Å². The van der Waals surface area contributed by atoms with Crippen LogP contribution in [-0.2, 0) is 18.9 Å². The molecule has 0 saturated heterocycles. The van der Waals surface area contributed by atoms with Crippen molar-refractivity contribution in [1.29, 1.82) is 0 Å². The molecule has 0 atom stereocenters. The minimum absolute atomic E-state index is 0.509. The van der Waals surface area contributed by atoms with Gasteiger partial charge in [0, 0.05) is 0 Å². The first-order chi connectivity index (χ1) is 17.9. The van der Waals surface area contributed by atoms with Crippen LogP contribution < -0.4 is 9.47 Å². The van der Waals surface area contributed by atoms with Crippen molar-refractivity contribution in [3.05, 3.63) is 84.9 Å². The molecule has 6 heteroatoms. The smallest absolute Gasteiger partial charge is 0.120 e. The average Bonchev–Trinajstić information content (AvgIpc) is 2.92. The van der Waals surface area contributed by atoms with Crippen molar-refractivity contribution in [2.45, 2.75) is 0 Å². The molecule has 36 heavy (non-hydrogen) atoms. The van der Waals surface area contributed by atoms with E-state index in [1.165, 1.54) is 21.5 Å². The predicted octanol–water partition coefficient (Wildman–Crippen LogP) is 5.52. The molecule has 0 unspecified atom stereocenters. The summed E-state index contributed by atoms with van der Waals surface area (Å²) >= 11 is 0. The zero-order chi connectivity index (χ0) is 24.7. The molecular formula is C30H34O6. The topological polar surface area (TPSA) is 55.4 Å². The molecule has 190 valence electrons. The van der Waals surface area contributed by atoms with Crippen molar-refractivity contribution in [3.63, 3.8) is 0 Å². The third-order valence-electron chi connectivity index (χ3n) is 5.55. The number of fused-ring (bicyclic) bond motifs is 2. The number of benzene rings is 4. The van der Waals surface area contributed by atoms with Crippen molar-refractivity contribution < 1.29 is 28.4 Å². The van der Waals surface area contributed by atoms with E-state index in [-0.39, 0.29) is 0 Å². The first kappa shape index (κ1) is 25.9. The predicted molar refractivity (Wildman–Crippen MR) is 142 cm³/mol. The molecule has 0 spiro atoms. The van der Waals surface area contributed by atoms with Crippen LogP contribution >= 0.6 is 0 Å². The summed E-state index contributed by atoms with van der Waals surface area (Å²) in [6, 6.07) is 28.6. The first-order valence-corrected chi connectivity index (χ1v) is 12.4. The Kier molecular flexibility index (Phi) is 10.8. The molecule has 0 aliphatic rings. The van der Waals surface area contributed by atoms with Gasteiger partial charge in [-0.1, -0.05) is 60.7 Å². The average molecular weight is 491 g/mol. The number of hydrogen-bond acceptors (Lipinski definition) is 6. The molecule has 0 aliphatic carbocycles. The Morgan fingerprint density at radius 3 is 1.06 bits per heavy atom. The molecule has 6 nitrogen and oxygen atoms in total. The van der Waals surface area contributed by atoms with Gasteiger partial charge in [-0.15, -0.1) is 0 Å². The van der Waals surface area contributed by atoms with Gasteiger partial charge in [-0.3, -0.25) is 0 Å². The van der Waals surface area contributed by atoms with E-state index >= 15 is 0 Å². The molecular weight excluding hydrogens is 456 g/mol. The van der Waals surface area contributed by atoms with E-state index in [4.69, 9.17) is 28.4 Å². The molecule has 0 radical (unpaired) electrons. The zero-order valence-electron chi connectivity index (χ0n) is 20.6. The van der Waals surface area contributed by atoms with E-state index in [2.05, 4.69) is 36.4 Å². The SMILES string of the molecule is c1ccc2cc(OCCOCCOCCOCCOCCOc3ccc4ccccc4c3)ccc2c1. The van der Waals surface area contributed by atoms with E-state index in [1.807, 2.05) is 48.5 Å². The largest absolute Gasteiger partial charge is 0.491 e. The summed E-state index contributed by atoms with van der Waals surface area (Å²) in [4.78, 5) is 0. The van der Waals surface area contributed by atoms with E-state index in [0.29, 0.717) is 66.1 Å². The van der Waals surface area contributed by atoms with Gasteiger partial charge in [0.25, 0.3) is 0 Å².